The molecule has 1 aromatic heterocycles. The molecule has 0 radical (unpaired) electrons. The van der Waals surface area contributed by atoms with Gasteiger partial charge < -0.3 is 14.7 Å². The topological polar surface area (TPSA) is 88.3 Å². The number of benzene rings is 1. The van der Waals surface area contributed by atoms with Crippen LogP contribution in [-0.4, -0.2) is 45.6 Å². The fourth-order valence-electron chi connectivity index (χ4n) is 2.95. The van der Waals surface area contributed by atoms with Gasteiger partial charge >= 0.3 is 12.1 Å². The van der Waals surface area contributed by atoms with Crippen LogP contribution in [-0.2, 0) is 16.1 Å². The van der Waals surface area contributed by atoms with Crippen molar-refractivity contribution in [1.82, 2.24) is 20.4 Å². The Bertz CT molecular complexity index is 850. The second kappa shape index (κ2) is 7.37. The second-order valence-corrected chi connectivity index (χ2v) is 6.25. The number of hydrogen-bond acceptors (Lipinski definition) is 5. The Morgan fingerprint density at radius 3 is 2.85 bits per heavy atom. The normalized spacial score (nSPS) is 17.2. The van der Waals surface area contributed by atoms with Gasteiger partial charge in [-0.05, 0) is 25.8 Å². The van der Waals surface area contributed by atoms with Crippen LogP contribution in [0, 0.1) is 6.92 Å². The molecule has 0 saturated carbocycles. The summed E-state index contributed by atoms with van der Waals surface area (Å²) in [5, 5.41) is 6.28. The van der Waals surface area contributed by atoms with Crippen molar-refractivity contribution in [2.75, 3.05) is 6.54 Å². The fourth-order valence-corrected chi connectivity index (χ4v) is 2.95. The predicted octanol–water partition coefficient (Wildman–Crippen LogP) is 2.21. The van der Waals surface area contributed by atoms with Crippen molar-refractivity contribution in [2.24, 2.45) is 0 Å². The van der Waals surface area contributed by atoms with E-state index in [0.717, 1.165) is 11.1 Å². The van der Waals surface area contributed by atoms with E-state index >= 15 is 0 Å². The Kier molecular flexibility index (Phi) is 5.15. The Morgan fingerprint density at radius 1 is 1.37 bits per heavy atom. The summed E-state index contributed by atoms with van der Waals surface area (Å²) in [5.41, 5.74) is 1.76. The zero-order valence-electron chi connectivity index (χ0n) is 14.4. The molecule has 10 heteroatoms. The van der Waals surface area contributed by atoms with E-state index in [1.807, 2.05) is 25.1 Å². The van der Waals surface area contributed by atoms with Crippen LogP contribution in [0.4, 0.5) is 13.2 Å². The highest BCUT2D eigenvalue weighted by atomic mass is 19.4. The van der Waals surface area contributed by atoms with Crippen LogP contribution >= 0.6 is 0 Å². The monoisotopic (exact) mass is 382 g/mol. The van der Waals surface area contributed by atoms with Crippen molar-refractivity contribution in [3.05, 3.63) is 35.7 Å². The molecule has 7 nitrogen and oxygen atoms in total. The van der Waals surface area contributed by atoms with Gasteiger partial charge in [-0.15, -0.1) is 0 Å². The first kappa shape index (κ1) is 18.9. The molecule has 1 aliphatic rings. The first-order valence-corrected chi connectivity index (χ1v) is 8.31. The largest absolute Gasteiger partial charge is 0.471 e. The zero-order chi connectivity index (χ0) is 19.6. The van der Waals surface area contributed by atoms with Gasteiger partial charge in [-0.3, -0.25) is 9.59 Å². The molecule has 1 fully saturated rings. The van der Waals surface area contributed by atoms with Crippen molar-refractivity contribution in [3.8, 4) is 11.4 Å². The van der Waals surface area contributed by atoms with Crippen LogP contribution in [0.5, 0.6) is 0 Å². The van der Waals surface area contributed by atoms with Crippen LogP contribution in [0.2, 0.25) is 0 Å². The lowest BCUT2D eigenvalue weighted by Gasteiger charge is -2.24. The summed E-state index contributed by atoms with van der Waals surface area (Å²) < 4.78 is 42.9. The third-order valence-electron chi connectivity index (χ3n) is 4.22. The molecule has 2 amide bonds. The van der Waals surface area contributed by atoms with E-state index in [-0.39, 0.29) is 25.4 Å². The number of aryl methyl sites for hydroxylation is 1. The summed E-state index contributed by atoms with van der Waals surface area (Å²) in [6.45, 7) is 1.68. The highest BCUT2D eigenvalue weighted by molar-refractivity contribution is 5.90. The molecule has 1 saturated heterocycles. The van der Waals surface area contributed by atoms with E-state index in [4.69, 9.17) is 4.52 Å². The number of nitrogens with zero attached hydrogens (tertiary/aromatic N) is 3. The molecule has 1 aliphatic heterocycles. The maximum atomic E-state index is 12.6. The fraction of sp³-hybridized carbons (Fsp3) is 0.412. The quantitative estimate of drug-likeness (QED) is 0.876. The number of halogens is 3. The molecule has 3 rings (SSSR count). The van der Waals surface area contributed by atoms with Gasteiger partial charge in [0.1, 0.15) is 6.04 Å². The average Bonchev–Trinajstić information content (AvgIpc) is 3.27. The minimum absolute atomic E-state index is 0.103. The maximum absolute atomic E-state index is 12.6. The Morgan fingerprint density at radius 2 is 2.15 bits per heavy atom. The van der Waals surface area contributed by atoms with Crippen molar-refractivity contribution < 1.29 is 27.3 Å². The first-order chi connectivity index (χ1) is 12.8. The molecular weight excluding hydrogens is 365 g/mol. The first-order valence-electron chi connectivity index (χ1n) is 8.31. The predicted molar refractivity (Wildman–Crippen MR) is 87.1 cm³/mol. The zero-order valence-corrected chi connectivity index (χ0v) is 14.4. The highest BCUT2D eigenvalue weighted by Crippen LogP contribution is 2.25. The van der Waals surface area contributed by atoms with Gasteiger partial charge in [0.05, 0.1) is 6.54 Å². The smallest absolute Gasteiger partial charge is 0.345 e. The van der Waals surface area contributed by atoms with Gasteiger partial charge in [0.2, 0.25) is 17.6 Å². The van der Waals surface area contributed by atoms with E-state index in [1.54, 1.807) is 6.07 Å². The van der Waals surface area contributed by atoms with Crippen molar-refractivity contribution in [3.63, 3.8) is 0 Å². The third-order valence-corrected chi connectivity index (χ3v) is 4.22. The Labute approximate surface area is 152 Å². The maximum Gasteiger partial charge on any atom is 0.471 e. The molecule has 1 unspecified atom stereocenters. The van der Waals surface area contributed by atoms with Gasteiger partial charge in [-0.2, -0.15) is 18.2 Å². The molecule has 1 aromatic carbocycles. The Balaban J connectivity index is 1.62. The van der Waals surface area contributed by atoms with Gasteiger partial charge in [-0.25, -0.2) is 0 Å². The van der Waals surface area contributed by atoms with Crippen LogP contribution < -0.4 is 5.32 Å². The number of nitrogens with one attached hydrogen (secondary N) is 1. The van der Waals surface area contributed by atoms with Gasteiger partial charge in [0.15, 0.2) is 0 Å². The van der Waals surface area contributed by atoms with Crippen molar-refractivity contribution in [1.29, 1.82) is 0 Å². The number of likely N-dealkylation sites (tertiary alicyclic amines) is 1. The number of aromatic nitrogens is 2. The number of amides is 2. The van der Waals surface area contributed by atoms with E-state index in [2.05, 4.69) is 15.5 Å². The molecule has 2 aromatic rings. The number of rotatable bonds is 4. The molecule has 1 N–H and O–H groups in total. The van der Waals surface area contributed by atoms with Crippen LogP contribution in [0.25, 0.3) is 11.4 Å². The highest BCUT2D eigenvalue weighted by Gasteiger charge is 2.47. The lowest BCUT2D eigenvalue weighted by atomic mass is 10.1. The lowest BCUT2D eigenvalue weighted by molar-refractivity contribution is -0.186. The molecule has 2 heterocycles. The summed E-state index contributed by atoms with van der Waals surface area (Å²) in [7, 11) is 0. The number of hydrogen-bond donors (Lipinski definition) is 1. The van der Waals surface area contributed by atoms with E-state index < -0.39 is 24.0 Å². The summed E-state index contributed by atoms with van der Waals surface area (Å²) >= 11 is 0. The van der Waals surface area contributed by atoms with Crippen LogP contribution in [0.15, 0.2) is 28.8 Å². The standard InChI is InChI=1S/C17H17F3N4O3/c1-10-4-2-5-11(8-10)14-22-13(27-23-14)9-21-15(25)12-6-3-7-24(12)16(26)17(18,19)20/h2,4-5,8,12H,3,6-7,9H2,1H3,(H,21,25). The van der Waals surface area contributed by atoms with E-state index in [1.165, 1.54) is 0 Å². The second-order valence-electron chi connectivity index (χ2n) is 6.25. The molecule has 27 heavy (non-hydrogen) atoms. The molecule has 144 valence electrons. The molecule has 0 spiro atoms. The van der Waals surface area contributed by atoms with E-state index in [9.17, 15) is 22.8 Å². The Hall–Kier alpha value is -2.91. The van der Waals surface area contributed by atoms with Crippen LogP contribution in [0.3, 0.4) is 0 Å². The molecule has 0 bridgehead atoms. The number of alkyl halides is 3. The van der Waals surface area contributed by atoms with Gasteiger partial charge in [-0.1, -0.05) is 28.9 Å². The number of carbonyl (C=O) groups excluding carboxylic acids is 2. The minimum Gasteiger partial charge on any atom is -0.345 e. The summed E-state index contributed by atoms with van der Waals surface area (Å²) in [4.78, 5) is 28.4. The van der Waals surface area contributed by atoms with Gasteiger partial charge in [0, 0.05) is 12.1 Å². The lowest BCUT2D eigenvalue weighted by Crippen LogP contribution is -2.50. The summed E-state index contributed by atoms with van der Waals surface area (Å²) in [6, 6.07) is 6.28. The summed E-state index contributed by atoms with van der Waals surface area (Å²) in [5.74, 6) is -2.22. The molecular formula is C17H17F3N4O3. The van der Waals surface area contributed by atoms with Crippen molar-refractivity contribution in [2.45, 2.75) is 38.5 Å². The summed E-state index contributed by atoms with van der Waals surface area (Å²) in [6.07, 6.45) is -4.50. The minimum atomic E-state index is -5.00. The van der Waals surface area contributed by atoms with E-state index in [0.29, 0.717) is 17.1 Å². The SMILES string of the molecule is Cc1cccc(-c2noc(CNC(=O)C3CCCN3C(=O)C(F)(F)F)n2)c1. The van der Waals surface area contributed by atoms with Gasteiger partial charge in [0.25, 0.3) is 0 Å². The average molecular weight is 382 g/mol. The van der Waals surface area contributed by atoms with Crippen LogP contribution in [0.1, 0.15) is 24.3 Å². The molecule has 1 atom stereocenters. The number of carbonyl (C=O) groups is 2. The van der Waals surface area contributed by atoms with Crippen molar-refractivity contribution >= 4 is 11.8 Å². The molecule has 0 aliphatic carbocycles. The third kappa shape index (κ3) is 4.26.